The lowest BCUT2D eigenvalue weighted by atomic mass is 10.1. The molecule has 1 amide bonds. The van der Waals surface area contributed by atoms with Gasteiger partial charge in [0, 0.05) is 45.7 Å². The number of nitrogens with zero attached hydrogens (tertiary/aromatic N) is 2. The quantitative estimate of drug-likeness (QED) is 0.730. The van der Waals surface area contributed by atoms with E-state index in [0.717, 1.165) is 6.54 Å². The fourth-order valence-corrected chi connectivity index (χ4v) is 1.92. The molecule has 0 aliphatic heterocycles. The molecule has 0 spiro atoms. The summed E-state index contributed by atoms with van der Waals surface area (Å²) in [5.74, 6) is 0.732. The Morgan fingerprint density at radius 3 is 2.00 bits per heavy atom. The van der Waals surface area contributed by atoms with Gasteiger partial charge < -0.3 is 10.6 Å². The predicted molar refractivity (Wildman–Crippen MR) is 72.8 cm³/mol. The first-order chi connectivity index (χ1) is 7.79. The Bertz CT molecular complexity index is 227. The second kappa shape index (κ2) is 7.67. The van der Waals surface area contributed by atoms with Crippen molar-refractivity contribution in [2.45, 2.75) is 46.2 Å². The second-order valence-electron chi connectivity index (χ2n) is 5.57. The molecule has 0 aromatic carbocycles. The minimum atomic E-state index is 0.146. The summed E-state index contributed by atoms with van der Waals surface area (Å²) in [4.78, 5) is 15.7. The van der Waals surface area contributed by atoms with Crippen molar-refractivity contribution in [2.75, 3.05) is 27.2 Å². The van der Waals surface area contributed by atoms with Crippen LogP contribution in [0.4, 0.5) is 0 Å². The number of hydrogen-bond acceptors (Lipinski definition) is 3. The third kappa shape index (κ3) is 6.03. The van der Waals surface area contributed by atoms with E-state index in [4.69, 9.17) is 5.73 Å². The van der Waals surface area contributed by atoms with E-state index >= 15 is 0 Å². The Labute approximate surface area is 106 Å². The van der Waals surface area contributed by atoms with Gasteiger partial charge in [-0.3, -0.25) is 9.69 Å². The van der Waals surface area contributed by atoms with Crippen LogP contribution >= 0.6 is 0 Å². The third-order valence-corrected chi connectivity index (χ3v) is 2.89. The molecule has 0 aromatic rings. The average Bonchev–Trinajstić information content (AvgIpc) is 2.21. The summed E-state index contributed by atoms with van der Waals surface area (Å²) in [6, 6.07) is 0.563. The highest BCUT2D eigenvalue weighted by atomic mass is 16.2. The van der Waals surface area contributed by atoms with Crippen molar-refractivity contribution in [3.63, 3.8) is 0 Å². The Morgan fingerprint density at radius 2 is 1.71 bits per heavy atom. The lowest BCUT2D eigenvalue weighted by Crippen LogP contribution is -2.48. The molecule has 0 aliphatic rings. The van der Waals surface area contributed by atoms with Gasteiger partial charge in [-0.25, -0.2) is 0 Å². The smallest absolute Gasteiger partial charge is 0.223 e. The molecule has 0 heterocycles. The number of amides is 1. The zero-order chi connectivity index (χ0) is 13.6. The first kappa shape index (κ1) is 16.4. The molecular formula is C13H29N3O. The number of carbonyl (C=O) groups excluding carboxylic acids is 1. The largest absolute Gasteiger partial charge is 0.349 e. The minimum Gasteiger partial charge on any atom is -0.349 e. The van der Waals surface area contributed by atoms with Crippen LogP contribution in [0.2, 0.25) is 0 Å². The molecule has 0 rings (SSSR count). The summed E-state index contributed by atoms with van der Waals surface area (Å²) in [6.07, 6.45) is 0.508. The van der Waals surface area contributed by atoms with Crippen LogP contribution in [0.1, 0.15) is 34.1 Å². The van der Waals surface area contributed by atoms with Crippen molar-refractivity contribution in [1.29, 1.82) is 0 Å². The first-order valence-corrected chi connectivity index (χ1v) is 6.45. The zero-order valence-corrected chi connectivity index (χ0v) is 12.2. The molecule has 102 valence electrons. The Kier molecular flexibility index (Phi) is 7.39. The maximum absolute atomic E-state index is 11.8. The third-order valence-electron chi connectivity index (χ3n) is 2.89. The molecule has 4 nitrogen and oxygen atoms in total. The number of hydrogen-bond donors (Lipinski definition) is 1. The van der Waals surface area contributed by atoms with E-state index in [0.29, 0.717) is 24.9 Å². The van der Waals surface area contributed by atoms with Crippen LogP contribution in [-0.2, 0) is 4.79 Å². The molecule has 1 unspecified atom stereocenters. The maximum atomic E-state index is 11.8. The number of carbonyl (C=O) groups is 1. The van der Waals surface area contributed by atoms with Crippen LogP contribution in [-0.4, -0.2) is 55.0 Å². The molecule has 0 aromatic heterocycles. The summed E-state index contributed by atoms with van der Waals surface area (Å²) in [7, 11) is 3.58. The van der Waals surface area contributed by atoms with Gasteiger partial charge in [-0.2, -0.15) is 0 Å². The first-order valence-electron chi connectivity index (χ1n) is 6.45. The van der Waals surface area contributed by atoms with Crippen LogP contribution in [0.5, 0.6) is 0 Å². The van der Waals surface area contributed by atoms with Gasteiger partial charge in [-0.15, -0.1) is 0 Å². The van der Waals surface area contributed by atoms with Gasteiger partial charge in [0.15, 0.2) is 0 Å². The van der Waals surface area contributed by atoms with Gasteiger partial charge in [0.2, 0.25) is 5.91 Å². The maximum Gasteiger partial charge on any atom is 0.223 e. The molecule has 1 atom stereocenters. The molecule has 0 fully saturated rings. The number of rotatable bonds is 7. The molecule has 0 bridgehead atoms. The molecule has 0 radical (unpaired) electrons. The van der Waals surface area contributed by atoms with E-state index in [1.165, 1.54) is 0 Å². The van der Waals surface area contributed by atoms with Crippen molar-refractivity contribution in [2.24, 2.45) is 11.7 Å². The van der Waals surface area contributed by atoms with Crippen LogP contribution in [0.25, 0.3) is 0 Å². The zero-order valence-electron chi connectivity index (χ0n) is 12.2. The summed E-state index contributed by atoms with van der Waals surface area (Å²) in [5, 5.41) is 0. The molecule has 4 heteroatoms. The van der Waals surface area contributed by atoms with Crippen molar-refractivity contribution in [3.05, 3.63) is 0 Å². The van der Waals surface area contributed by atoms with E-state index in [-0.39, 0.29) is 11.9 Å². The molecule has 0 aliphatic carbocycles. The fourth-order valence-electron chi connectivity index (χ4n) is 1.92. The van der Waals surface area contributed by atoms with Gasteiger partial charge in [-0.1, -0.05) is 13.8 Å². The van der Waals surface area contributed by atoms with Gasteiger partial charge in [0.25, 0.3) is 0 Å². The van der Waals surface area contributed by atoms with Crippen molar-refractivity contribution in [3.8, 4) is 0 Å². The summed E-state index contributed by atoms with van der Waals surface area (Å²) < 4.78 is 0. The lowest BCUT2D eigenvalue weighted by Gasteiger charge is -2.35. The summed E-state index contributed by atoms with van der Waals surface area (Å²) >= 11 is 0. The minimum absolute atomic E-state index is 0.146. The van der Waals surface area contributed by atoms with Crippen LogP contribution in [0, 0.1) is 5.92 Å². The van der Waals surface area contributed by atoms with Gasteiger partial charge in [0.05, 0.1) is 0 Å². The second-order valence-corrected chi connectivity index (χ2v) is 5.57. The lowest BCUT2D eigenvalue weighted by molar-refractivity contribution is -0.130. The molecule has 0 saturated carbocycles. The SMILES string of the molecule is CC(C)CN(C(C)C)C(CN)CC(=O)N(C)C. The van der Waals surface area contributed by atoms with Gasteiger partial charge >= 0.3 is 0 Å². The highest BCUT2D eigenvalue weighted by Gasteiger charge is 2.23. The van der Waals surface area contributed by atoms with Crippen molar-refractivity contribution >= 4 is 5.91 Å². The van der Waals surface area contributed by atoms with E-state index in [1.54, 1.807) is 19.0 Å². The van der Waals surface area contributed by atoms with E-state index in [2.05, 4.69) is 32.6 Å². The summed E-state index contributed by atoms with van der Waals surface area (Å²) in [5.41, 5.74) is 5.82. The van der Waals surface area contributed by atoms with Crippen molar-refractivity contribution < 1.29 is 4.79 Å². The molecule has 0 saturated heterocycles. The van der Waals surface area contributed by atoms with Crippen LogP contribution in [0.15, 0.2) is 0 Å². The Hall–Kier alpha value is -0.610. The van der Waals surface area contributed by atoms with Gasteiger partial charge in [0.1, 0.15) is 0 Å². The molecular weight excluding hydrogens is 214 g/mol. The highest BCUT2D eigenvalue weighted by molar-refractivity contribution is 5.76. The average molecular weight is 243 g/mol. The fraction of sp³-hybridized carbons (Fsp3) is 0.923. The normalized spacial score (nSPS) is 13.5. The topological polar surface area (TPSA) is 49.6 Å². The van der Waals surface area contributed by atoms with Crippen molar-refractivity contribution in [1.82, 2.24) is 9.80 Å². The van der Waals surface area contributed by atoms with Crippen LogP contribution < -0.4 is 5.73 Å². The standard InChI is InChI=1S/C13H29N3O/c1-10(2)9-16(11(3)4)12(8-14)7-13(17)15(5)6/h10-12H,7-9,14H2,1-6H3. The molecule has 17 heavy (non-hydrogen) atoms. The monoisotopic (exact) mass is 243 g/mol. The van der Waals surface area contributed by atoms with E-state index < -0.39 is 0 Å². The molecule has 2 N–H and O–H groups in total. The van der Waals surface area contributed by atoms with E-state index in [9.17, 15) is 4.79 Å². The Balaban J connectivity index is 4.61. The van der Waals surface area contributed by atoms with Crippen LogP contribution in [0.3, 0.4) is 0 Å². The predicted octanol–water partition coefficient (Wildman–Crippen LogP) is 1.16. The van der Waals surface area contributed by atoms with Gasteiger partial charge in [-0.05, 0) is 19.8 Å². The highest BCUT2D eigenvalue weighted by Crippen LogP contribution is 2.12. The van der Waals surface area contributed by atoms with E-state index in [1.807, 2.05) is 0 Å². The summed E-state index contributed by atoms with van der Waals surface area (Å²) in [6.45, 7) is 10.2. The Morgan fingerprint density at radius 1 is 1.18 bits per heavy atom. The number of nitrogens with two attached hydrogens (primary N) is 1.